The molecule has 1 saturated heterocycles. The number of nitrogens with one attached hydrogen (secondary N) is 1. The van der Waals surface area contributed by atoms with E-state index < -0.39 is 0 Å². The number of hydrogen-bond donors (Lipinski definition) is 1. The highest BCUT2D eigenvalue weighted by Crippen LogP contribution is 2.24. The summed E-state index contributed by atoms with van der Waals surface area (Å²) in [5.74, 6) is 1.61. The minimum absolute atomic E-state index is 0.716. The van der Waals surface area contributed by atoms with Crippen molar-refractivity contribution >= 4 is 0 Å². The van der Waals surface area contributed by atoms with E-state index in [1.54, 1.807) is 0 Å². The van der Waals surface area contributed by atoms with Crippen LogP contribution in [0.1, 0.15) is 40.5 Å². The van der Waals surface area contributed by atoms with Crippen LogP contribution in [0.15, 0.2) is 0 Å². The van der Waals surface area contributed by atoms with E-state index in [1.807, 2.05) is 0 Å². The molecule has 1 rings (SSSR count). The molecule has 0 aromatic rings. The molecule has 1 aliphatic heterocycles. The molecular weight excluding hydrogens is 184 g/mol. The molecule has 0 aromatic heterocycles. The minimum Gasteiger partial charge on any atom is -0.317 e. The number of likely N-dealkylation sites (tertiary alicyclic amines) is 1. The van der Waals surface area contributed by atoms with Crippen LogP contribution in [-0.2, 0) is 0 Å². The van der Waals surface area contributed by atoms with Crippen molar-refractivity contribution in [3.63, 3.8) is 0 Å². The molecule has 1 heterocycles. The molecule has 0 saturated carbocycles. The molecule has 1 aliphatic rings. The molecule has 4 atom stereocenters. The Bertz CT molecular complexity index is 181. The van der Waals surface area contributed by atoms with Gasteiger partial charge in [-0.2, -0.15) is 0 Å². The minimum atomic E-state index is 0.716. The Hall–Kier alpha value is -0.0800. The molecule has 15 heavy (non-hydrogen) atoms. The molecule has 0 spiro atoms. The number of rotatable bonds is 4. The lowest BCUT2D eigenvalue weighted by Crippen LogP contribution is -2.53. The lowest BCUT2D eigenvalue weighted by Gasteiger charge is -2.43. The number of piperidine rings is 1. The van der Waals surface area contributed by atoms with Crippen LogP contribution in [0.3, 0.4) is 0 Å². The molecule has 0 aromatic carbocycles. The topological polar surface area (TPSA) is 15.3 Å². The van der Waals surface area contributed by atoms with E-state index in [0.717, 1.165) is 17.9 Å². The highest BCUT2D eigenvalue weighted by atomic mass is 15.2. The van der Waals surface area contributed by atoms with Crippen molar-refractivity contribution in [1.82, 2.24) is 10.2 Å². The Balaban J connectivity index is 2.48. The predicted molar refractivity (Wildman–Crippen MR) is 67.1 cm³/mol. The first-order valence-corrected chi connectivity index (χ1v) is 6.51. The number of hydrogen-bond acceptors (Lipinski definition) is 2. The second-order valence-electron chi connectivity index (χ2n) is 5.29. The second-order valence-corrected chi connectivity index (χ2v) is 5.29. The van der Waals surface area contributed by atoms with Gasteiger partial charge in [-0.15, -0.1) is 0 Å². The zero-order valence-corrected chi connectivity index (χ0v) is 11.1. The van der Waals surface area contributed by atoms with Crippen molar-refractivity contribution in [2.75, 3.05) is 20.1 Å². The normalized spacial score (nSPS) is 35.4. The van der Waals surface area contributed by atoms with E-state index in [0.29, 0.717) is 6.04 Å². The second kappa shape index (κ2) is 5.86. The Morgan fingerprint density at radius 1 is 1.40 bits per heavy atom. The van der Waals surface area contributed by atoms with Gasteiger partial charge in [0.15, 0.2) is 0 Å². The summed E-state index contributed by atoms with van der Waals surface area (Å²) in [5.41, 5.74) is 0. The van der Waals surface area contributed by atoms with Gasteiger partial charge in [0.2, 0.25) is 0 Å². The molecule has 0 bridgehead atoms. The predicted octanol–water partition coefficient (Wildman–Crippen LogP) is 2.35. The summed E-state index contributed by atoms with van der Waals surface area (Å²) in [7, 11) is 2.10. The monoisotopic (exact) mass is 212 g/mol. The van der Waals surface area contributed by atoms with E-state index in [1.165, 1.54) is 25.9 Å². The Kier molecular flexibility index (Phi) is 5.07. The van der Waals surface area contributed by atoms with Crippen molar-refractivity contribution in [3.8, 4) is 0 Å². The van der Waals surface area contributed by atoms with Crippen molar-refractivity contribution in [3.05, 3.63) is 0 Å². The van der Waals surface area contributed by atoms with E-state index >= 15 is 0 Å². The molecule has 4 unspecified atom stereocenters. The molecule has 2 nitrogen and oxygen atoms in total. The fraction of sp³-hybridized carbons (Fsp3) is 1.00. The zero-order chi connectivity index (χ0) is 11.4. The van der Waals surface area contributed by atoms with E-state index in [9.17, 15) is 0 Å². The molecule has 0 radical (unpaired) electrons. The SMILES string of the molecule is CCC(C)CN1CCC(NC)C(C)C1C. The first kappa shape index (κ1) is 13.0. The van der Waals surface area contributed by atoms with Gasteiger partial charge >= 0.3 is 0 Å². The quantitative estimate of drug-likeness (QED) is 0.769. The molecular formula is C13H28N2. The third-order valence-electron chi connectivity index (χ3n) is 4.31. The van der Waals surface area contributed by atoms with Crippen molar-refractivity contribution in [2.45, 2.75) is 52.6 Å². The van der Waals surface area contributed by atoms with Crippen LogP contribution >= 0.6 is 0 Å². The maximum absolute atomic E-state index is 3.45. The maximum atomic E-state index is 3.45. The third-order valence-corrected chi connectivity index (χ3v) is 4.31. The van der Waals surface area contributed by atoms with Crippen LogP contribution in [0.2, 0.25) is 0 Å². The van der Waals surface area contributed by atoms with Crippen LogP contribution in [0, 0.1) is 11.8 Å². The largest absolute Gasteiger partial charge is 0.317 e. The molecule has 1 N–H and O–H groups in total. The molecule has 90 valence electrons. The summed E-state index contributed by atoms with van der Waals surface area (Å²) in [4.78, 5) is 2.67. The summed E-state index contributed by atoms with van der Waals surface area (Å²) in [6.45, 7) is 12.0. The summed E-state index contributed by atoms with van der Waals surface area (Å²) in [6.07, 6.45) is 2.60. The first-order chi connectivity index (χ1) is 7.10. The molecule has 0 aliphatic carbocycles. The zero-order valence-electron chi connectivity index (χ0n) is 11.1. The summed E-state index contributed by atoms with van der Waals surface area (Å²) in [6, 6.07) is 1.44. The van der Waals surface area contributed by atoms with E-state index in [-0.39, 0.29) is 0 Å². The molecule has 1 fully saturated rings. The smallest absolute Gasteiger partial charge is 0.0117 e. The lowest BCUT2D eigenvalue weighted by molar-refractivity contribution is 0.0744. The van der Waals surface area contributed by atoms with Gasteiger partial charge in [0, 0.05) is 18.6 Å². The first-order valence-electron chi connectivity index (χ1n) is 6.51. The van der Waals surface area contributed by atoms with Crippen LogP contribution in [0.25, 0.3) is 0 Å². The Labute approximate surface area is 95.4 Å². The third kappa shape index (κ3) is 3.18. The van der Waals surface area contributed by atoms with Gasteiger partial charge in [-0.25, -0.2) is 0 Å². The standard InChI is InChI=1S/C13H28N2/c1-6-10(2)9-15-8-7-13(14-5)11(3)12(15)4/h10-14H,6-9H2,1-5H3. The van der Waals surface area contributed by atoms with Gasteiger partial charge in [0.05, 0.1) is 0 Å². The summed E-state index contributed by atoms with van der Waals surface area (Å²) in [5, 5.41) is 3.45. The summed E-state index contributed by atoms with van der Waals surface area (Å²) < 4.78 is 0. The fourth-order valence-electron chi connectivity index (χ4n) is 2.63. The van der Waals surface area contributed by atoms with E-state index in [4.69, 9.17) is 0 Å². The fourth-order valence-corrected chi connectivity index (χ4v) is 2.63. The number of nitrogens with zero attached hydrogens (tertiary/aromatic N) is 1. The van der Waals surface area contributed by atoms with Crippen LogP contribution in [0.5, 0.6) is 0 Å². The highest BCUT2D eigenvalue weighted by Gasteiger charge is 2.31. The average Bonchev–Trinajstić information content (AvgIpc) is 2.25. The van der Waals surface area contributed by atoms with Gasteiger partial charge in [-0.3, -0.25) is 0 Å². The lowest BCUT2D eigenvalue weighted by atomic mass is 9.86. The van der Waals surface area contributed by atoms with Gasteiger partial charge < -0.3 is 10.2 Å². The van der Waals surface area contributed by atoms with Crippen LogP contribution in [0.4, 0.5) is 0 Å². The average molecular weight is 212 g/mol. The van der Waals surface area contributed by atoms with Gasteiger partial charge in [-0.1, -0.05) is 27.2 Å². The molecule has 0 amide bonds. The van der Waals surface area contributed by atoms with Crippen molar-refractivity contribution in [2.24, 2.45) is 11.8 Å². The van der Waals surface area contributed by atoms with Crippen molar-refractivity contribution in [1.29, 1.82) is 0 Å². The van der Waals surface area contributed by atoms with Crippen molar-refractivity contribution < 1.29 is 0 Å². The van der Waals surface area contributed by atoms with Crippen LogP contribution < -0.4 is 5.32 Å². The Morgan fingerprint density at radius 3 is 2.60 bits per heavy atom. The summed E-state index contributed by atoms with van der Waals surface area (Å²) >= 11 is 0. The van der Waals surface area contributed by atoms with Gasteiger partial charge in [0.25, 0.3) is 0 Å². The van der Waals surface area contributed by atoms with Crippen LogP contribution in [-0.4, -0.2) is 37.1 Å². The van der Waals surface area contributed by atoms with Gasteiger partial charge in [-0.05, 0) is 38.8 Å². The highest BCUT2D eigenvalue weighted by molar-refractivity contribution is 4.88. The Morgan fingerprint density at radius 2 is 2.07 bits per heavy atom. The molecule has 2 heteroatoms. The maximum Gasteiger partial charge on any atom is 0.0117 e. The van der Waals surface area contributed by atoms with E-state index in [2.05, 4.69) is 45.0 Å². The van der Waals surface area contributed by atoms with Gasteiger partial charge in [0.1, 0.15) is 0 Å².